The molecule has 0 aliphatic carbocycles. The van der Waals surface area contributed by atoms with E-state index < -0.39 is 10.0 Å². The van der Waals surface area contributed by atoms with Crippen molar-refractivity contribution in [3.05, 3.63) is 84.4 Å². The molecule has 4 rings (SSSR count). The maximum Gasteiger partial charge on any atom is 0.265 e. The van der Waals surface area contributed by atoms with E-state index in [-0.39, 0.29) is 10.6 Å². The van der Waals surface area contributed by atoms with Gasteiger partial charge in [0.25, 0.3) is 10.0 Å². The lowest BCUT2D eigenvalue weighted by molar-refractivity contribution is 0.402. The van der Waals surface area contributed by atoms with E-state index in [9.17, 15) is 8.42 Å². The molecule has 0 saturated heterocycles. The molecule has 2 heterocycles. The third-order valence-corrected chi connectivity index (χ3v) is 6.01. The predicted molar refractivity (Wildman–Crippen MR) is 121 cm³/mol. The van der Waals surface area contributed by atoms with E-state index in [0.29, 0.717) is 29.0 Å². The summed E-state index contributed by atoms with van der Waals surface area (Å²) in [7, 11) is -2.39. The van der Waals surface area contributed by atoms with Crippen LogP contribution in [0.5, 0.6) is 17.4 Å². The average molecular weight is 451 g/mol. The van der Waals surface area contributed by atoms with Crippen molar-refractivity contribution in [2.75, 3.05) is 11.8 Å². The normalized spacial score (nSPS) is 11.2. The minimum absolute atomic E-state index is 0.0781. The largest absolute Gasteiger partial charge is 0.495 e. The summed E-state index contributed by atoms with van der Waals surface area (Å²) in [6, 6.07) is 17.1. The molecule has 164 valence electrons. The summed E-state index contributed by atoms with van der Waals surface area (Å²) in [4.78, 5) is 8.80. The van der Waals surface area contributed by atoms with Gasteiger partial charge < -0.3 is 14.0 Å². The van der Waals surface area contributed by atoms with Crippen LogP contribution in [0.4, 0.5) is 5.69 Å². The van der Waals surface area contributed by atoms with Crippen molar-refractivity contribution < 1.29 is 17.9 Å². The average Bonchev–Trinajstić information content (AvgIpc) is 3.30. The van der Waals surface area contributed by atoms with E-state index in [2.05, 4.69) is 14.7 Å². The predicted octanol–water partition coefficient (Wildman–Crippen LogP) is 4.49. The molecule has 4 aromatic rings. The third-order valence-electron chi connectivity index (χ3n) is 4.61. The summed E-state index contributed by atoms with van der Waals surface area (Å²) in [5.41, 5.74) is 1.21. The number of aromatic nitrogens is 3. The van der Waals surface area contributed by atoms with E-state index in [0.717, 1.165) is 5.56 Å². The second kappa shape index (κ2) is 8.72. The highest BCUT2D eigenvalue weighted by molar-refractivity contribution is 7.92. The number of anilines is 1. The summed E-state index contributed by atoms with van der Waals surface area (Å²) in [5.74, 6) is 2.44. The Labute approximate surface area is 186 Å². The summed E-state index contributed by atoms with van der Waals surface area (Å²) in [6.45, 7) is 3.61. The second-order valence-corrected chi connectivity index (χ2v) is 8.74. The number of sulfonamides is 1. The lowest BCUT2D eigenvalue weighted by Crippen LogP contribution is -2.14. The van der Waals surface area contributed by atoms with E-state index >= 15 is 0 Å². The van der Waals surface area contributed by atoms with Gasteiger partial charge in [0.05, 0.1) is 7.11 Å². The molecule has 8 nitrogen and oxygen atoms in total. The van der Waals surface area contributed by atoms with Crippen molar-refractivity contribution in [1.82, 2.24) is 14.5 Å². The van der Waals surface area contributed by atoms with Gasteiger partial charge in [-0.2, -0.15) is 4.98 Å². The molecular weight excluding hydrogens is 428 g/mol. The van der Waals surface area contributed by atoms with Gasteiger partial charge in [-0.05, 0) is 67.9 Å². The molecule has 0 fully saturated rings. The van der Waals surface area contributed by atoms with Gasteiger partial charge in [0.1, 0.15) is 28.0 Å². The maximum absolute atomic E-state index is 12.9. The van der Waals surface area contributed by atoms with Gasteiger partial charge in [-0.15, -0.1) is 0 Å². The fraction of sp³-hybridized carbons (Fsp3) is 0.130. The van der Waals surface area contributed by atoms with Gasteiger partial charge in [-0.3, -0.25) is 4.72 Å². The van der Waals surface area contributed by atoms with Crippen LogP contribution in [0.1, 0.15) is 11.4 Å². The van der Waals surface area contributed by atoms with Crippen molar-refractivity contribution >= 4 is 15.7 Å². The Kier molecular flexibility index (Phi) is 5.83. The SMILES string of the molecule is COc1ccc(C)cc1S(=O)(=O)Nc1ccc(Oc2cc(-n3cccc3)nc(C)n2)cc1. The Bertz CT molecular complexity index is 1340. The first kappa shape index (κ1) is 21.4. The van der Waals surface area contributed by atoms with Gasteiger partial charge in [0, 0.05) is 24.1 Å². The zero-order chi connectivity index (χ0) is 22.7. The summed E-state index contributed by atoms with van der Waals surface area (Å²) in [6.07, 6.45) is 3.77. The van der Waals surface area contributed by atoms with E-state index in [1.807, 2.05) is 36.0 Å². The summed E-state index contributed by atoms with van der Waals surface area (Å²) in [5, 5.41) is 0. The maximum atomic E-state index is 12.9. The van der Waals surface area contributed by atoms with Crippen molar-refractivity contribution in [2.24, 2.45) is 0 Å². The molecule has 0 spiro atoms. The summed E-state index contributed by atoms with van der Waals surface area (Å²) < 4.78 is 41.2. The molecule has 1 N–H and O–H groups in total. The fourth-order valence-corrected chi connectivity index (χ4v) is 4.43. The van der Waals surface area contributed by atoms with E-state index in [1.54, 1.807) is 55.5 Å². The topological polar surface area (TPSA) is 95.3 Å². The molecule has 32 heavy (non-hydrogen) atoms. The zero-order valence-corrected chi connectivity index (χ0v) is 18.6. The van der Waals surface area contributed by atoms with E-state index in [4.69, 9.17) is 9.47 Å². The lowest BCUT2D eigenvalue weighted by Gasteiger charge is -2.13. The zero-order valence-electron chi connectivity index (χ0n) is 17.8. The Morgan fingerprint density at radius 1 is 0.938 bits per heavy atom. The number of hydrogen-bond acceptors (Lipinski definition) is 6. The molecule has 0 radical (unpaired) electrons. The van der Waals surface area contributed by atoms with Crippen molar-refractivity contribution in [2.45, 2.75) is 18.7 Å². The van der Waals surface area contributed by atoms with Crippen LogP contribution in [-0.2, 0) is 10.0 Å². The first-order chi connectivity index (χ1) is 15.3. The Morgan fingerprint density at radius 3 is 2.34 bits per heavy atom. The Balaban J connectivity index is 1.53. The van der Waals surface area contributed by atoms with Gasteiger partial charge in [-0.1, -0.05) is 6.07 Å². The molecule has 0 unspecified atom stereocenters. The number of nitrogens with one attached hydrogen (secondary N) is 1. The standard InChI is InChI=1S/C23H22N4O4S/c1-16-6-11-20(30-3)21(14-16)32(28,29)26-18-7-9-19(10-8-18)31-23-15-22(24-17(2)25-23)27-12-4-5-13-27/h4-15,26H,1-3H3. The minimum Gasteiger partial charge on any atom is -0.495 e. The number of nitrogens with zero attached hydrogens (tertiary/aromatic N) is 3. The molecule has 0 atom stereocenters. The molecule has 2 aromatic carbocycles. The number of hydrogen-bond donors (Lipinski definition) is 1. The molecule has 0 bridgehead atoms. The van der Waals surface area contributed by atoms with Crippen molar-refractivity contribution in [1.29, 1.82) is 0 Å². The van der Waals surface area contributed by atoms with Crippen LogP contribution in [0, 0.1) is 13.8 Å². The minimum atomic E-state index is -3.83. The van der Waals surface area contributed by atoms with Crippen molar-refractivity contribution in [3.8, 4) is 23.2 Å². The van der Waals surface area contributed by atoms with Gasteiger partial charge in [0.2, 0.25) is 5.88 Å². The Hall–Kier alpha value is -3.85. The van der Waals surface area contributed by atoms with Gasteiger partial charge in [0.15, 0.2) is 0 Å². The number of aryl methyl sites for hydroxylation is 2. The van der Waals surface area contributed by atoms with Crippen LogP contribution in [0.3, 0.4) is 0 Å². The van der Waals surface area contributed by atoms with Crippen LogP contribution in [0.2, 0.25) is 0 Å². The molecule has 2 aromatic heterocycles. The van der Waals surface area contributed by atoms with E-state index in [1.165, 1.54) is 7.11 Å². The molecule has 0 aliphatic rings. The number of methoxy groups -OCH3 is 1. The quantitative estimate of drug-likeness (QED) is 0.446. The highest BCUT2D eigenvalue weighted by Gasteiger charge is 2.20. The van der Waals surface area contributed by atoms with Gasteiger partial charge >= 0.3 is 0 Å². The van der Waals surface area contributed by atoms with Crippen LogP contribution in [-0.4, -0.2) is 30.1 Å². The van der Waals surface area contributed by atoms with Crippen LogP contribution >= 0.6 is 0 Å². The molecule has 9 heteroatoms. The summed E-state index contributed by atoms with van der Waals surface area (Å²) >= 11 is 0. The van der Waals surface area contributed by atoms with Crippen LogP contribution < -0.4 is 14.2 Å². The second-order valence-electron chi connectivity index (χ2n) is 7.09. The third kappa shape index (κ3) is 4.73. The number of ether oxygens (including phenoxy) is 2. The monoisotopic (exact) mass is 450 g/mol. The molecule has 0 saturated carbocycles. The van der Waals surface area contributed by atoms with Gasteiger partial charge in [-0.25, -0.2) is 13.4 Å². The number of rotatable bonds is 7. The van der Waals surface area contributed by atoms with Crippen LogP contribution in [0.25, 0.3) is 5.82 Å². The number of benzene rings is 2. The van der Waals surface area contributed by atoms with Crippen molar-refractivity contribution in [3.63, 3.8) is 0 Å². The highest BCUT2D eigenvalue weighted by Crippen LogP contribution is 2.28. The lowest BCUT2D eigenvalue weighted by atomic mass is 10.2. The van der Waals surface area contributed by atoms with Crippen LogP contribution in [0.15, 0.2) is 78.0 Å². The highest BCUT2D eigenvalue weighted by atomic mass is 32.2. The molecule has 0 aliphatic heterocycles. The molecule has 0 amide bonds. The fourth-order valence-electron chi connectivity index (χ4n) is 3.11. The first-order valence-corrected chi connectivity index (χ1v) is 11.3. The molecular formula is C23H22N4O4S. The Morgan fingerprint density at radius 2 is 1.66 bits per heavy atom. The smallest absolute Gasteiger partial charge is 0.265 e. The first-order valence-electron chi connectivity index (χ1n) is 9.78.